The van der Waals surface area contributed by atoms with Crippen LogP contribution in [0.15, 0.2) is 17.2 Å². The molecule has 3 heterocycles. The summed E-state index contributed by atoms with van der Waals surface area (Å²) in [6.45, 7) is 8.02. The van der Waals surface area contributed by atoms with E-state index in [0.29, 0.717) is 5.95 Å². The minimum atomic E-state index is 0.491. The maximum absolute atomic E-state index is 9.82. The number of thiophene rings is 1. The fourth-order valence-corrected chi connectivity index (χ4v) is 5.44. The van der Waals surface area contributed by atoms with Crippen molar-refractivity contribution in [3.05, 3.63) is 56.5 Å². The molecule has 0 atom stereocenters. The molecule has 1 aliphatic rings. The van der Waals surface area contributed by atoms with Gasteiger partial charge in [0.05, 0.1) is 11.8 Å². The zero-order valence-electron chi connectivity index (χ0n) is 17.2. The number of hydrazone groups is 1. The topological polar surface area (TPSA) is 78.9 Å². The highest BCUT2D eigenvalue weighted by Crippen LogP contribution is 2.38. The average Bonchev–Trinajstić information content (AvgIpc) is 3.17. The summed E-state index contributed by atoms with van der Waals surface area (Å²) >= 11 is 1.77. The summed E-state index contributed by atoms with van der Waals surface area (Å²) in [6, 6.07) is 6.49. The summed E-state index contributed by atoms with van der Waals surface area (Å²) in [7, 11) is 0. The van der Waals surface area contributed by atoms with Crippen molar-refractivity contribution in [1.82, 2.24) is 14.5 Å². The second-order valence-electron chi connectivity index (χ2n) is 7.51. The van der Waals surface area contributed by atoms with Crippen molar-refractivity contribution in [2.45, 2.75) is 53.4 Å². The Hall–Kier alpha value is -2.98. The predicted octanol–water partition coefficient (Wildman–Crippen LogP) is 4.76. The van der Waals surface area contributed by atoms with Gasteiger partial charge in [0.1, 0.15) is 11.1 Å². The van der Waals surface area contributed by atoms with E-state index in [9.17, 15) is 5.26 Å². The predicted molar refractivity (Wildman–Crippen MR) is 117 cm³/mol. The van der Waals surface area contributed by atoms with Crippen molar-refractivity contribution < 1.29 is 0 Å². The molecule has 0 radical (unpaired) electrons. The Morgan fingerprint density at radius 3 is 2.59 bits per heavy atom. The Bertz CT molecular complexity index is 1120. The van der Waals surface area contributed by atoms with Crippen molar-refractivity contribution >= 4 is 23.5 Å². The maximum atomic E-state index is 9.82. The number of aryl methyl sites for hydroxylation is 4. The minimum absolute atomic E-state index is 0.491. The standard InChI is InChI=1S/C22H24N6S/c1-13-9-14(2)26-22(25-13)27-24-12-17-10-15(3)28(16(17)4)21-19(11-23)18-7-5-6-8-20(18)29-21/h9-10,12H,5-8H2,1-4H3,(H,25,26,27)/b24-12-. The molecule has 148 valence electrons. The van der Waals surface area contributed by atoms with Crippen LogP contribution in [0.4, 0.5) is 5.95 Å². The number of aromatic nitrogens is 3. The Morgan fingerprint density at radius 2 is 1.86 bits per heavy atom. The summed E-state index contributed by atoms with van der Waals surface area (Å²) in [5.74, 6) is 0.491. The lowest BCUT2D eigenvalue weighted by Crippen LogP contribution is -2.02. The largest absolute Gasteiger partial charge is 0.308 e. The van der Waals surface area contributed by atoms with Crippen molar-refractivity contribution in [3.8, 4) is 11.1 Å². The van der Waals surface area contributed by atoms with Gasteiger partial charge in [-0.3, -0.25) is 0 Å². The summed E-state index contributed by atoms with van der Waals surface area (Å²) in [5, 5.41) is 15.2. The molecule has 3 aromatic rings. The molecule has 0 unspecified atom stereocenters. The zero-order valence-corrected chi connectivity index (χ0v) is 18.0. The van der Waals surface area contributed by atoms with E-state index < -0.39 is 0 Å². The molecule has 4 rings (SSSR count). The third-order valence-electron chi connectivity index (χ3n) is 5.29. The number of rotatable bonds is 4. The SMILES string of the molecule is Cc1cc(C)nc(N/N=C\c2cc(C)n(-c3sc4c(c3C#N)CCCC4)c2C)n1. The molecule has 6 nitrogen and oxygen atoms in total. The van der Waals surface area contributed by atoms with Crippen LogP contribution in [0, 0.1) is 39.0 Å². The summed E-state index contributed by atoms with van der Waals surface area (Å²) in [4.78, 5) is 10.1. The van der Waals surface area contributed by atoms with Crippen molar-refractivity contribution in [1.29, 1.82) is 5.26 Å². The van der Waals surface area contributed by atoms with Crippen LogP contribution in [0.3, 0.4) is 0 Å². The number of hydrogen-bond acceptors (Lipinski definition) is 6. The molecule has 1 aliphatic carbocycles. The summed E-state index contributed by atoms with van der Waals surface area (Å²) in [6.07, 6.45) is 6.28. The van der Waals surface area contributed by atoms with Gasteiger partial charge >= 0.3 is 0 Å². The van der Waals surface area contributed by atoms with Crippen LogP contribution in [0.1, 0.15) is 57.2 Å². The third-order valence-corrected chi connectivity index (χ3v) is 6.57. The van der Waals surface area contributed by atoms with E-state index in [0.717, 1.165) is 51.7 Å². The van der Waals surface area contributed by atoms with Crippen LogP contribution in [0.25, 0.3) is 5.00 Å². The maximum Gasteiger partial charge on any atom is 0.243 e. The van der Waals surface area contributed by atoms with E-state index >= 15 is 0 Å². The first-order chi connectivity index (χ1) is 14.0. The van der Waals surface area contributed by atoms with Gasteiger partial charge in [0.2, 0.25) is 5.95 Å². The lowest BCUT2D eigenvalue weighted by Gasteiger charge is -2.10. The molecule has 0 aromatic carbocycles. The lowest BCUT2D eigenvalue weighted by molar-refractivity contribution is 0.695. The Balaban J connectivity index is 1.65. The first kappa shape index (κ1) is 19.3. The molecular weight excluding hydrogens is 380 g/mol. The van der Waals surface area contributed by atoms with E-state index in [1.165, 1.54) is 23.3 Å². The molecule has 0 amide bonds. The van der Waals surface area contributed by atoms with Crippen LogP contribution in [-0.4, -0.2) is 20.7 Å². The van der Waals surface area contributed by atoms with E-state index in [1.54, 1.807) is 17.6 Å². The molecular formula is C22H24N6S. The Labute approximate surface area is 174 Å². The number of hydrogen-bond donors (Lipinski definition) is 1. The molecule has 0 aliphatic heterocycles. The molecule has 3 aromatic heterocycles. The van der Waals surface area contributed by atoms with Gasteiger partial charge in [-0.1, -0.05) is 0 Å². The second-order valence-corrected chi connectivity index (χ2v) is 8.59. The average molecular weight is 405 g/mol. The fraction of sp³-hybridized carbons (Fsp3) is 0.364. The van der Waals surface area contributed by atoms with E-state index in [4.69, 9.17) is 0 Å². The number of anilines is 1. The minimum Gasteiger partial charge on any atom is -0.308 e. The highest BCUT2D eigenvalue weighted by Gasteiger charge is 2.23. The quantitative estimate of drug-likeness (QED) is 0.502. The Kier molecular flexibility index (Phi) is 5.20. The van der Waals surface area contributed by atoms with E-state index in [-0.39, 0.29) is 0 Å². The summed E-state index contributed by atoms with van der Waals surface area (Å²) < 4.78 is 2.19. The van der Waals surface area contributed by atoms with Gasteiger partial charge in [-0.05, 0) is 71.1 Å². The molecule has 29 heavy (non-hydrogen) atoms. The van der Waals surface area contributed by atoms with Crippen molar-refractivity contribution in [2.24, 2.45) is 5.10 Å². The fourth-order valence-electron chi connectivity index (χ4n) is 3.99. The zero-order chi connectivity index (χ0) is 20.5. The van der Waals surface area contributed by atoms with Crippen LogP contribution in [0.2, 0.25) is 0 Å². The highest BCUT2D eigenvalue weighted by atomic mass is 32.1. The first-order valence-electron chi connectivity index (χ1n) is 9.83. The van der Waals surface area contributed by atoms with Gasteiger partial charge in [0, 0.05) is 33.2 Å². The normalized spacial score (nSPS) is 13.5. The van der Waals surface area contributed by atoms with Gasteiger partial charge in [-0.15, -0.1) is 11.3 Å². The van der Waals surface area contributed by atoms with Gasteiger partial charge in [-0.25, -0.2) is 15.4 Å². The van der Waals surface area contributed by atoms with Gasteiger partial charge < -0.3 is 4.57 Å². The molecule has 0 fully saturated rings. The van der Waals surface area contributed by atoms with Gasteiger partial charge in [0.25, 0.3) is 0 Å². The van der Waals surface area contributed by atoms with Crippen LogP contribution >= 0.6 is 11.3 Å². The van der Waals surface area contributed by atoms with Crippen molar-refractivity contribution in [2.75, 3.05) is 5.43 Å². The third kappa shape index (κ3) is 3.68. The smallest absolute Gasteiger partial charge is 0.243 e. The van der Waals surface area contributed by atoms with Crippen LogP contribution in [0.5, 0.6) is 0 Å². The Morgan fingerprint density at radius 1 is 1.14 bits per heavy atom. The number of nitrogens with one attached hydrogen (secondary N) is 1. The molecule has 0 saturated carbocycles. The molecule has 7 heteroatoms. The molecule has 0 saturated heterocycles. The monoisotopic (exact) mass is 404 g/mol. The number of nitriles is 1. The summed E-state index contributed by atoms with van der Waals surface area (Å²) in [5.41, 5.74) is 10.0. The van der Waals surface area contributed by atoms with E-state index in [2.05, 4.69) is 51.0 Å². The van der Waals surface area contributed by atoms with Gasteiger partial charge in [-0.2, -0.15) is 10.4 Å². The molecule has 0 spiro atoms. The van der Waals surface area contributed by atoms with Gasteiger partial charge in [0.15, 0.2) is 0 Å². The van der Waals surface area contributed by atoms with Crippen LogP contribution in [-0.2, 0) is 12.8 Å². The highest BCUT2D eigenvalue weighted by molar-refractivity contribution is 7.15. The molecule has 0 bridgehead atoms. The van der Waals surface area contributed by atoms with E-state index in [1.807, 2.05) is 19.9 Å². The number of nitrogens with zero attached hydrogens (tertiary/aromatic N) is 5. The lowest BCUT2D eigenvalue weighted by atomic mass is 9.96. The van der Waals surface area contributed by atoms with Crippen molar-refractivity contribution in [3.63, 3.8) is 0 Å². The molecule has 1 N–H and O–H groups in total. The number of fused-ring (bicyclic) bond motifs is 1. The first-order valence-corrected chi connectivity index (χ1v) is 10.6. The van der Waals surface area contributed by atoms with Crippen LogP contribution < -0.4 is 5.43 Å². The second kappa shape index (κ2) is 7.80.